The van der Waals surface area contributed by atoms with Crippen LogP contribution in [0.4, 0.5) is 4.39 Å². The van der Waals surface area contributed by atoms with Crippen molar-refractivity contribution in [2.45, 2.75) is 13.0 Å². The standard InChI is InChI=1S/C14H12ClFO2/c1-9(17)11-4-2-3-5-14(11)18-10-6-7-13(16)12(15)8-10/h2-9,17H,1H3/t9-/m0/s1. The fourth-order valence-corrected chi connectivity index (χ4v) is 1.76. The van der Waals surface area contributed by atoms with Crippen LogP contribution >= 0.6 is 11.6 Å². The molecule has 0 fully saturated rings. The van der Waals surface area contributed by atoms with Gasteiger partial charge < -0.3 is 9.84 Å². The molecule has 18 heavy (non-hydrogen) atoms. The van der Waals surface area contributed by atoms with Crippen LogP contribution in [0.2, 0.25) is 5.02 Å². The smallest absolute Gasteiger partial charge is 0.142 e. The normalized spacial score (nSPS) is 12.2. The first kappa shape index (κ1) is 12.9. The van der Waals surface area contributed by atoms with E-state index in [0.717, 1.165) is 0 Å². The Morgan fingerprint density at radius 3 is 2.61 bits per heavy atom. The molecule has 0 amide bonds. The third-order valence-corrected chi connectivity index (χ3v) is 2.78. The van der Waals surface area contributed by atoms with Crippen molar-refractivity contribution in [1.82, 2.24) is 0 Å². The average molecular weight is 267 g/mol. The SMILES string of the molecule is C[C@H](O)c1ccccc1Oc1ccc(F)c(Cl)c1. The van der Waals surface area contributed by atoms with Gasteiger partial charge in [0.2, 0.25) is 0 Å². The molecule has 0 aliphatic rings. The first-order valence-corrected chi connectivity index (χ1v) is 5.85. The minimum atomic E-state index is -0.642. The molecular formula is C14H12ClFO2. The molecule has 2 aromatic rings. The molecule has 4 heteroatoms. The Bertz CT molecular complexity index is 555. The fraction of sp³-hybridized carbons (Fsp3) is 0.143. The van der Waals surface area contributed by atoms with Crippen LogP contribution in [0.1, 0.15) is 18.6 Å². The second-order valence-corrected chi connectivity index (χ2v) is 4.30. The van der Waals surface area contributed by atoms with E-state index in [1.807, 2.05) is 6.07 Å². The van der Waals surface area contributed by atoms with Crippen LogP contribution in [0, 0.1) is 5.82 Å². The number of hydrogen-bond acceptors (Lipinski definition) is 2. The molecule has 1 atom stereocenters. The van der Waals surface area contributed by atoms with Gasteiger partial charge in [0.15, 0.2) is 0 Å². The highest BCUT2D eigenvalue weighted by Crippen LogP contribution is 2.31. The van der Waals surface area contributed by atoms with Crippen molar-refractivity contribution in [2.75, 3.05) is 0 Å². The molecule has 2 rings (SSSR count). The second kappa shape index (κ2) is 5.38. The fourth-order valence-electron chi connectivity index (χ4n) is 1.59. The van der Waals surface area contributed by atoms with Gasteiger partial charge in [-0.3, -0.25) is 0 Å². The molecule has 0 heterocycles. The molecule has 0 saturated heterocycles. The van der Waals surface area contributed by atoms with Crippen LogP contribution in [-0.4, -0.2) is 5.11 Å². The third kappa shape index (κ3) is 2.81. The Morgan fingerprint density at radius 1 is 1.22 bits per heavy atom. The first-order chi connectivity index (χ1) is 8.58. The summed E-state index contributed by atoms with van der Waals surface area (Å²) in [6, 6.07) is 11.2. The molecule has 0 aliphatic carbocycles. The summed E-state index contributed by atoms with van der Waals surface area (Å²) in [5.41, 5.74) is 0.665. The lowest BCUT2D eigenvalue weighted by atomic mass is 10.1. The Balaban J connectivity index is 2.31. The minimum Gasteiger partial charge on any atom is -0.457 e. The van der Waals surface area contributed by atoms with Crippen LogP contribution in [-0.2, 0) is 0 Å². The van der Waals surface area contributed by atoms with Crippen LogP contribution in [0.3, 0.4) is 0 Å². The summed E-state index contributed by atoms with van der Waals surface area (Å²) in [6.45, 7) is 1.65. The summed E-state index contributed by atoms with van der Waals surface area (Å²) in [6.07, 6.45) is -0.642. The summed E-state index contributed by atoms with van der Waals surface area (Å²) in [4.78, 5) is 0. The molecule has 0 aromatic heterocycles. The number of aliphatic hydroxyl groups excluding tert-OH is 1. The largest absolute Gasteiger partial charge is 0.457 e. The van der Waals surface area contributed by atoms with E-state index in [4.69, 9.17) is 16.3 Å². The Hall–Kier alpha value is -1.58. The number of aliphatic hydroxyl groups is 1. The topological polar surface area (TPSA) is 29.5 Å². The van der Waals surface area contributed by atoms with Crippen molar-refractivity contribution in [3.63, 3.8) is 0 Å². The monoisotopic (exact) mass is 266 g/mol. The molecule has 0 spiro atoms. The predicted octanol–water partition coefficient (Wildman–Crippen LogP) is 4.32. The van der Waals surface area contributed by atoms with Crippen LogP contribution < -0.4 is 4.74 Å². The van der Waals surface area contributed by atoms with Gasteiger partial charge in [-0.05, 0) is 25.1 Å². The highest BCUT2D eigenvalue weighted by atomic mass is 35.5. The quantitative estimate of drug-likeness (QED) is 0.896. The molecule has 0 saturated carbocycles. The lowest BCUT2D eigenvalue weighted by molar-refractivity contribution is 0.195. The number of rotatable bonds is 3. The van der Waals surface area contributed by atoms with Crippen LogP contribution in [0.15, 0.2) is 42.5 Å². The van der Waals surface area contributed by atoms with Gasteiger partial charge in [0.1, 0.15) is 17.3 Å². The van der Waals surface area contributed by atoms with E-state index in [1.165, 1.54) is 18.2 Å². The molecule has 0 radical (unpaired) electrons. The molecule has 2 aromatic carbocycles. The lowest BCUT2D eigenvalue weighted by Gasteiger charge is -2.13. The third-order valence-electron chi connectivity index (χ3n) is 2.49. The molecular weight excluding hydrogens is 255 g/mol. The summed E-state index contributed by atoms with van der Waals surface area (Å²) in [5, 5.41) is 9.62. The molecule has 2 nitrogen and oxygen atoms in total. The maximum Gasteiger partial charge on any atom is 0.142 e. The van der Waals surface area contributed by atoms with Gasteiger partial charge in [0, 0.05) is 11.6 Å². The average Bonchev–Trinajstić information content (AvgIpc) is 2.34. The Morgan fingerprint density at radius 2 is 1.94 bits per heavy atom. The maximum atomic E-state index is 13.0. The van der Waals surface area contributed by atoms with Crippen LogP contribution in [0.25, 0.3) is 0 Å². The van der Waals surface area contributed by atoms with Crippen molar-refractivity contribution >= 4 is 11.6 Å². The Labute approximate surface area is 110 Å². The van der Waals surface area contributed by atoms with Gasteiger partial charge in [0.05, 0.1) is 11.1 Å². The predicted molar refractivity (Wildman–Crippen MR) is 68.6 cm³/mol. The number of hydrogen-bond donors (Lipinski definition) is 1. The van der Waals surface area contributed by atoms with Gasteiger partial charge in [-0.2, -0.15) is 0 Å². The van der Waals surface area contributed by atoms with Crippen molar-refractivity contribution < 1.29 is 14.2 Å². The summed E-state index contributed by atoms with van der Waals surface area (Å²) in [7, 11) is 0. The minimum absolute atomic E-state index is 0.00188. The zero-order valence-electron chi connectivity index (χ0n) is 9.73. The van der Waals surface area contributed by atoms with E-state index in [-0.39, 0.29) is 5.02 Å². The molecule has 94 valence electrons. The maximum absolute atomic E-state index is 13.0. The summed E-state index contributed by atoms with van der Waals surface area (Å²) >= 11 is 5.68. The Kier molecular flexibility index (Phi) is 3.84. The van der Waals surface area contributed by atoms with Gasteiger partial charge in [-0.25, -0.2) is 4.39 Å². The summed E-state index contributed by atoms with van der Waals surface area (Å²) in [5.74, 6) is 0.456. The number of benzene rings is 2. The van der Waals surface area contributed by atoms with Gasteiger partial charge in [-0.1, -0.05) is 29.8 Å². The van der Waals surface area contributed by atoms with E-state index in [9.17, 15) is 9.50 Å². The highest BCUT2D eigenvalue weighted by molar-refractivity contribution is 6.30. The van der Waals surface area contributed by atoms with E-state index in [2.05, 4.69) is 0 Å². The highest BCUT2D eigenvalue weighted by Gasteiger charge is 2.10. The van der Waals surface area contributed by atoms with E-state index >= 15 is 0 Å². The van der Waals surface area contributed by atoms with Crippen LogP contribution in [0.5, 0.6) is 11.5 Å². The van der Waals surface area contributed by atoms with Crippen molar-refractivity contribution in [2.24, 2.45) is 0 Å². The van der Waals surface area contributed by atoms with E-state index in [1.54, 1.807) is 25.1 Å². The van der Waals surface area contributed by atoms with Gasteiger partial charge >= 0.3 is 0 Å². The second-order valence-electron chi connectivity index (χ2n) is 3.89. The lowest BCUT2D eigenvalue weighted by Crippen LogP contribution is -1.95. The number of para-hydroxylation sites is 1. The number of halogens is 2. The molecule has 0 aliphatic heterocycles. The molecule has 0 unspecified atom stereocenters. The van der Waals surface area contributed by atoms with Crippen molar-refractivity contribution in [3.05, 3.63) is 58.9 Å². The zero-order valence-corrected chi connectivity index (χ0v) is 10.5. The molecule has 0 bridgehead atoms. The van der Waals surface area contributed by atoms with E-state index < -0.39 is 11.9 Å². The van der Waals surface area contributed by atoms with Crippen molar-refractivity contribution in [3.8, 4) is 11.5 Å². The van der Waals surface area contributed by atoms with E-state index in [0.29, 0.717) is 17.1 Å². The van der Waals surface area contributed by atoms with Gasteiger partial charge in [0.25, 0.3) is 0 Å². The first-order valence-electron chi connectivity index (χ1n) is 5.48. The number of ether oxygens (including phenoxy) is 1. The van der Waals surface area contributed by atoms with Crippen molar-refractivity contribution in [1.29, 1.82) is 0 Å². The van der Waals surface area contributed by atoms with Gasteiger partial charge in [-0.15, -0.1) is 0 Å². The molecule has 1 N–H and O–H groups in total. The summed E-state index contributed by atoms with van der Waals surface area (Å²) < 4.78 is 18.6. The zero-order chi connectivity index (χ0) is 13.1.